The van der Waals surface area contributed by atoms with Crippen LogP contribution in [0.3, 0.4) is 0 Å². The Morgan fingerprint density at radius 2 is 1.50 bits per heavy atom. The Hall–Kier alpha value is -2.67. The van der Waals surface area contributed by atoms with Gasteiger partial charge in [-0.25, -0.2) is 13.6 Å². The van der Waals surface area contributed by atoms with E-state index in [1.54, 1.807) is 0 Å². The summed E-state index contributed by atoms with van der Waals surface area (Å²) < 4.78 is 24.5. The molecule has 4 nitrogen and oxygen atoms in total. The normalized spacial score (nSPS) is 12.9. The van der Waals surface area contributed by atoms with Crippen molar-refractivity contribution in [3.05, 3.63) is 95.6 Å². The molecule has 0 amide bonds. The molecule has 1 aromatic heterocycles. The van der Waals surface area contributed by atoms with Crippen LogP contribution in [0.15, 0.2) is 83.1 Å². The lowest BCUT2D eigenvalue weighted by Crippen LogP contribution is -2.12. The van der Waals surface area contributed by atoms with E-state index in [0.717, 1.165) is 33.4 Å². The molecule has 4 rings (SSSR count). The van der Waals surface area contributed by atoms with Crippen molar-refractivity contribution >= 4 is 37.1 Å². The minimum absolute atomic E-state index is 0.0268. The van der Waals surface area contributed by atoms with Crippen LogP contribution in [0.25, 0.3) is 10.1 Å². The molecule has 142 valence electrons. The van der Waals surface area contributed by atoms with Crippen LogP contribution in [0, 0.1) is 0 Å². The highest BCUT2D eigenvalue weighted by atomic mass is 32.2. The molecule has 4 aromatic rings. The van der Waals surface area contributed by atoms with Crippen molar-refractivity contribution < 1.29 is 8.42 Å². The number of sulfonamides is 1. The number of primary sulfonamides is 1. The largest absolute Gasteiger partial charge is 0.396 e. The van der Waals surface area contributed by atoms with Crippen LogP contribution in [0.4, 0.5) is 5.69 Å². The Labute approximate surface area is 168 Å². The first kappa shape index (κ1) is 18.7. The molecule has 1 heterocycles. The minimum atomic E-state index is -3.84. The first-order valence-electron chi connectivity index (χ1n) is 8.87. The molecule has 3 aromatic carbocycles. The maximum absolute atomic E-state index is 11.8. The van der Waals surface area contributed by atoms with Gasteiger partial charge in [-0.3, -0.25) is 0 Å². The van der Waals surface area contributed by atoms with Crippen molar-refractivity contribution in [1.82, 2.24) is 0 Å². The minimum Gasteiger partial charge on any atom is -0.396 e. The number of thiophene rings is 1. The third kappa shape index (κ3) is 3.67. The summed E-state index contributed by atoms with van der Waals surface area (Å²) >= 11 is 1.11. The molecule has 4 N–H and O–H groups in total. The predicted molar refractivity (Wildman–Crippen MR) is 116 cm³/mol. The number of hydrogen-bond donors (Lipinski definition) is 2. The number of nitrogens with two attached hydrogens (primary N) is 2. The molecule has 0 aliphatic heterocycles. The van der Waals surface area contributed by atoms with Gasteiger partial charge < -0.3 is 5.73 Å². The third-order valence-electron chi connectivity index (χ3n) is 4.86. The average Bonchev–Trinajstić information content (AvgIpc) is 3.04. The Bertz CT molecular complexity index is 1220. The van der Waals surface area contributed by atoms with Gasteiger partial charge in [0, 0.05) is 16.0 Å². The van der Waals surface area contributed by atoms with Crippen LogP contribution in [-0.4, -0.2) is 8.42 Å². The molecule has 6 heteroatoms. The fourth-order valence-corrected chi connectivity index (χ4v) is 5.49. The summed E-state index contributed by atoms with van der Waals surface area (Å²) in [4.78, 5) is 0. The summed E-state index contributed by atoms with van der Waals surface area (Å²) in [6, 6.07) is 26.6. The lowest BCUT2D eigenvalue weighted by molar-refractivity contribution is 0.600. The molecule has 0 radical (unpaired) electrons. The fourth-order valence-electron chi connectivity index (χ4n) is 3.50. The van der Waals surface area contributed by atoms with Gasteiger partial charge in [0.15, 0.2) is 4.21 Å². The lowest BCUT2D eigenvalue weighted by Gasteiger charge is -2.19. The van der Waals surface area contributed by atoms with Crippen LogP contribution >= 0.6 is 11.3 Å². The second-order valence-electron chi connectivity index (χ2n) is 6.76. The topological polar surface area (TPSA) is 86.2 Å². The zero-order chi connectivity index (χ0) is 19.7. The molecule has 28 heavy (non-hydrogen) atoms. The van der Waals surface area contributed by atoms with E-state index in [4.69, 9.17) is 10.9 Å². The Kier molecular flexibility index (Phi) is 4.93. The summed E-state index contributed by atoms with van der Waals surface area (Å²) in [7, 11) is -3.84. The molecular formula is C22H20N2O2S2. The first-order valence-corrected chi connectivity index (χ1v) is 11.2. The lowest BCUT2D eigenvalue weighted by atomic mass is 9.85. The summed E-state index contributed by atoms with van der Waals surface area (Å²) in [5, 5.41) is 6.05. The number of hydrogen-bond acceptors (Lipinski definition) is 4. The zero-order valence-electron chi connectivity index (χ0n) is 15.1. The maximum atomic E-state index is 11.8. The van der Waals surface area contributed by atoms with Gasteiger partial charge in [0.1, 0.15) is 0 Å². The highest BCUT2D eigenvalue weighted by Gasteiger charge is 2.21. The summed E-state index contributed by atoms with van der Waals surface area (Å²) in [6.07, 6.45) is 0.836. The first-order chi connectivity index (χ1) is 13.4. The fraction of sp³-hybridized carbons (Fsp3) is 0.0909. The smallest absolute Gasteiger partial charge is 0.249 e. The molecule has 0 spiro atoms. The van der Waals surface area contributed by atoms with E-state index in [-0.39, 0.29) is 15.8 Å². The highest BCUT2D eigenvalue weighted by Crippen LogP contribution is 2.39. The Balaban J connectivity index is 1.84. The number of fused-ring (bicyclic) bond motifs is 1. The Morgan fingerprint density at radius 3 is 2.14 bits per heavy atom. The molecule has 0 saturated carbocycles. The van der Waals surface area contributed by atoms with Crippen molar-refractivity contribution in [2.24, 2.45) is 5.14 Å². The van der Waals surface area contributed by atoms with E-state index in [1.807, 2.05) is 54.6 Å². The van der Waals surface area contributed by atoms with Gasteiger partial charge in [-0.1, -0.05) is 66.7 Å². The molecule has 1 atom stereocenters. The standard InChI is InChI=1S/C22H20N2O2S2/c23-21-19-14-17(11-12-20(19)27-22(21)28(24,25)26)18(16-9-5-2-6-10-16)13-15-7-3-1-4-8-15/h1-12,14,18H,13,23H2,(H2,24,25,26). The van der Waals surface area contributed by atoms with E-state index in [1.165, 1.54) is 11.1 Å². The number of benzene rings is 3. The molecule has 0 saturated heterocycles. The van der Waals surface area contributed by atoms with Crippen LogP contribution in [0.1, 0.15) is 22.6 Å². The molecular weight excluding hydrogens is 388 g/mol. The van der Waals surface area contributed by atoms with Gasteiger partial charge in [-0.15, -0.1) is 11.3 Å². The van der Waals surface area contributed by atoms with E-state index >= 15 is 0 Å². The van der Waals surface area contributed by atoms with Crippen molar-refractivity contribution in [3.8, 4) is 0 Å². The molecule has 1 unspecified atom stereocenters. The summed E-state index contributed by atoms with van der Waals surface area (Å²) in [5.41, 5.74) is 9.90. The molecule has 0 fully saturated rings. The SMILES string of the molecule is Nc1c(S(N)(=O)=O)sc2ccc(C(Cc3ccccc3)c3ccccc3)cc12. The molecule has 0 aliphatic carbocycles. The van der Waals surface area contributed by atoms with Gasteiger partial charge in [0.05, 0.1) is 5.69 Å². The monoisotopic (exact) mass is 408 g/mol. The van der Waals surface area contributed by atoms with Gasteiger partial charge in [-0.2, -0.15) is 0 Å². The van der Waals surface area contributed by atoms with Crippen molar-refractivity contribution in [2.75, 3.05) is 5.73 Å². The number of nitrogen functional groups attached to an aromatic ring is 1. The van der Waals surface area contributed by atoms with Crippen LogP contribution in [0.5, 0.6) is 0 Å². The van der Waals surface area contributed by atoms with E-state index in [9.17, 15) is 8.42 Å². The van der Waals surface area contributed by atoms with Crippen LogP contribution in [-0.2, 0) is 16.4 Å². The second-order valence-corrected chi connectivity index (χ2v) is 9.57. The number of anilines is 1. The van der Waals surface area contributed by atoms with E-state index in [2.05, 4.69) is 24.3 Å². The van der Waals surface area contributed by atoms with Crippen LogP contribution in [0.2, 0.25) is 0 Å². The van der Waals surface area contributed by atoms with Gasteiger partial charge in [0.2, 0.25) is 10.0 Å². The quantitative estimate of drug-likeness (QED) is 0.509. The maximum Gasteiger partial charge on any atom is 0.249 e. The predicted octanol–water partition coefficient (Wildman–Crippen LogP) is 4.51. The van der Waals surface area contributed by atoms with Crippen molar-refractivity contribution in [2.45, 2.75) is 16.5 Å². The van der Waals surface area contributed by atoms with Gasteiger partial charge in [0.25, 0.3) is 0 Å². The Morgan fingerprint density at radius 1 is 0.857 bits per heavy atom. The van der Waals surface area contributed by atoms with E-state index < -0.39 is 10.0 Å². The zero-order valence-corrected chi connectivity index (χ0v) is 16.7. The average molecular weight is 409 g/mol. The van der Waals surface area contributed by atoms with Gasteiger partial charge >= 0.3 is 0 Å². The van der Waals surface area contributed by atoms with E-state index in [0.29, 0.717) is 0 Å². The summed E-state index contributed by atoms with van der Waals surface area (Å²) in [6.45, 7) is 0. The van der Waals surface area contributed by atoms with Crippen molar-refractivity contribution in [1.29, 1.82) is 0 Å². The van der Waals surface area contributed by atoms with Crippen LogP contribution < -0.4 is 10.9 Å². The van der Waals surface area contributed by atoms with Crippen molar-refractivity contribution in [3.63, 3.8) is 0 Å². The number of rotatable bonds is 5. The molecule has 0 bridgehead atoms. The third-order valence-corrected chi connectivity index (χ3v) is 7.53. The van der Waals surface area contributed by atoms with Gasteiger partial charge in [-0.05, 0) is 35.2 Å². The summed E-state index contributed by atoms with van der Waals surface area (Å²) in [5.74, 6) is 0.130. The molecule has 0 aliphatic rings. The second kappa shape index (κ2) is 7.39. The highest BCUT2D eigenvalue weighted by molar-refractivity contribution is 7.91.